The van der Waals surface area contributed by atoms with Gasteiger partial charge in [0.2, 0.25) is 5.91 Å². The van der Waals surface area contributed by atoms with Crippen LogP contribution in [0.4, 0.5) is 5.69 Å². The van der Waals surface area contributed by atoms with E-state index in [9.17, 15) is 14.7 Å². The molecule has 1 aliphatic heterocycles. The highest BCUT2D eigenvalue weighted by Crippen LogP contribution is 2.24. The molecule has 1 aromatic rings. The average Bonchev–Trinajstić information content (AvgIpc) is 2.61. The summed E-state index contributed by atoms with van der Waals surface area (Å²) in [7, 11) is 0. The van der Waals surface area contributed by atoms with Crippen LogP contribution in [0, 0.1) is 0 Å². The highest BCUT2D eigenvalue weighted by atomic mass is 16.3. The number of ketones is 1. The Hall–Kier alpha value is -1.88. The Bertz CT molecular complexity index is 442. The largest absolute Gasteiger partial charge is 0.508 e. The zero-order valence-electron chi connectivity index (χ0n) is 9.59. The summed E-state index contributed by atoms with van der Waals surface area (Å²) in [6.07, 6.45) is 0.411. The van der Waals surface area contributed by atoms with Crippen LogP contribution in [0.1, 0.15) is 13.3 Å². The number of carbonyl (C=O) groups is 2. The Morgan fingerprint density at radius 2 is 2.00 bits per heavy atom. The molecule has 2 rings (SSSR count). The third kappa shape index (κ3) is 2.45. The van der Waals surface area contributed by atoms with Crippen molar-refractivity contribution in [2.75, 3.05) is 18.1 Å². The van der Waals surface area contributed by atoms with Gasteiger partial charge in [-0.15, -0.1) is 0 Å². The molecule has 1 N–H and O–H groups in total. The van der Waals surface area contributed by atoms with Crippen molar-refractivity contribution in [1.29, 1.82) is 0 Å². The summed E-state index contributed by atoms with van der Waals surface area (Å²) >= 11 is 0. The zero-order chi connectivity index (χ0) is 12.4. The Morgan fingerprint density at radius 3 is 2.59 bits per heavy atom. The average molecular weight is 234 g/mol. The Balaban J connectivity index is 2.24. The minimum Gasteiger partial charge on any atom is -0.508 e. The number of aromatic hydroxyl groups is 1. The second kappa shape index (κ2) is 4.55. The molecule has 0 radical (unpaired) electrons. The maximum absolute atomic E-state index is 11.8. The lowest BCUT2D eigenvalue weighted by Crippen LogP contribution is -2.41. The summed E-state index contributed by atoms with van der Waals surface area (Å²) in [5, 5.41) is 12.4. The lowest BCUT2D eigenvalue weighted by Gasteiger charge is -2.26. The van der Waals surface area contributed by atoms with Crippen molar-refractivity contribution in [1.82, 2.24) is 5.01 Å². The molecular formula is C12H14N2O3. The van der Waals surface area contributed by atoms with E-state index in [0.717, 1.165) is 0 Å². The van der Waals surface area contributed by atoms with Crippen LogP contribution in [0.5, 0.6) is 5.75 Å². The molecule has 0 atom stereocenters. The van der Waals surface area contributed by atoms with Crippen molar-refractivity contribution < 1.29 is 14.7 Å². The zero-order valence-corrected chi connectivity index (χ0v) is 9.59. The van der Waals surface area contributed by atoms with E-state index in [-0.39, 0.29) is 24.0 Å². The Morgan fingerprint density at radius 1 is 1.35 bits per heavy atom. The fourth-order valence-electron chi connectivity index (χ4n) is 1.90. The van der Waals surface area contributed by atoms with Gasteiger partial charge < -0.3 is 5.11 Å². The summed E-state index contributed by atoms with van der Waals surface area (Å²) in [5.74, 6) is 0.138. The van der Waals surface area contributed by atoms with E-state index in [1.807, 2.05) is 0 Å². The van der Waals surface area contributed by atoms with Crippen LogP contribution in [0.25, 0.3) is 0 Å². The number of anilines is 1. The third-order valence-corrected chi connectivity index (χ3v) is 2.60. The molecule has 1 aromatic carbocycles. The van der Waals surface area contributed by atoms with Crippen LogP contribution < -0.4 is 5.01 Å². The van der Waals surface area contributed by atoms with E-state index in [0.29, 0.717) is 18.7 Å². The smallest absolute Gasteiger partial charge is 0.242 e. The minimum absolute atomic E-state index is 0.0171. The van der Waals surface area contributed by atoms with Gasteiger partial charge in [0, 0.05) is 13.0 Å². The number of hydrazine groups is 1. The van der Waals surface area contributed by atoms with Crippen molar-refractivity contribution in [3.63, 3.8) is 0 Å². The second-order valence-corrected chi connectivity index (χ2v) is 4.06. The van der Waals surface area contributed by atoms with E-state index in [4.69, 9.17) is 0 Å². The van der Waals surface area contributed by atoms with E-state index in [2.05, 4.69) is 0 Å². The van der Waals surface area contributed by atoms with Crippen molar-refractivity contribution in [3.05, 3.63) is 24.3 Å². The number of hydrogen-bond donors (Lipinski definition) is 1. The Kier molecular flexibility index (Phi) is 3.10. The molecule has 0 aromatic heterocycles. The fourth-order valence-corrected chi connectivity index (χ4v) is 1.90. The quantitative estimate of drug-likeness (QED) is 0.845. The highest BCUT2D eigenvalue weighted by Gasteiger charge is 2.30. The lowest BCUT2D eigenvalue weighted by molar-refractivity contribution is -0.119. The number of hydrogen-bond acceptors (Lipinski definition) is 4. The molecule has 1 heterocycles. The maximum Gasteiger partial charge on any atom is 0.242 e. The van der Waals surface area contributed by atoms with Gasteiger partial charge in [0.15, 0.2) is 0 Å². The van der Waals surface area contributed by atoms with E-state index >= 15 is 0 Å². The van der Waals surface area contributed by atoms with E-state index in [1.165, 1.54) is 24.1 Å². The summed E-state index contributed by atoms with van der Waals surface area (Å²) in [6.45, 7) is 2.28. The molecule has 0 bridgehead atoms. The first kappa shape index (κ1) is 11.6. The van der Waals surface area contributed by atoms with Crippen molar-refractivity contribution in [3.8, 4) is 5.75 Å². The van der Waals surface area contributed by atoms with Gasteiger partial charge in [-0.05, 0) is 31.2 Å². The topological polar surface area (TPSA) is 60.9 Å². The number of Topliss-reactive ketones (excluding diaryl/α,β-unsaturated/α-hetero) is 1. The first-order valence-electron chi connectivity index (χ1n) is 5.44. The fraction of sp³-hybridized carbons (Fsp3) is 0.333. The van der Waals surface area contributed by atoms with Crippen LogP contribution in [0.2, 0.25) is 0 Å². The van der Waals surface area contributed by atoms with Gasteiger partial charge in [0.25, 0.3) is 0 Å². The van der Waals surface area contributed by atoms with E-state index in [1.54, 1.807) is 17.1 Å². The summed E-state index contributed by atoms with van der Waals surface area (Å²) in [6, 6.07) is 6.36. The molecule has 1 fully saturated rings. The molecule has 1 aliphatic rings. The van der Waals surface area contributed by atoms with Crippen molar-refractivity contribution >= 4 is 17.4 Å². The number of benzene rings is 1. The van der Waals surface area contributed by atoms with Gasteiger partial charge in [-0.2, -0.15) is 0 Å². The van der Waals surface area contributed by atoms with Crippen LogP contribution in [0.3, 0.4) is 0 Å². The van der Waals surface area contributed by atoms with Gasteiger partial charge in [0.1, 0.15) is 11.5 Å². The summed E-state index contributed by atoms with van der Waals surface area (Å²) in [5.41, 5.74) is 0.673. The van der Waals surface area contributed by atoms with Gasteiger partial charge >= 0.3 is 0 Å². The molecule has 5 nitrogen and oxygen atoms in total. The summed E-state index contributed by atoms with van der Waals surface area (Å²) in [4.78, 5) is 22.9. The number of nitrogens with zero attached hydrogens (tertiary/aromatic N) is 2. The number of phenolic OH excluding ortho intramolecular Hbond substituents is 1. The molecule has 5 heteroatoms. The van der Waals surface area contributed by atoms with Gasteiger partial charge in [-0.3, -0.25) is 9.59 Å². The highest BCUT2D eigenvalue weighted by molar-refractivity contribution is 5.95. The second-order valence-electron chi connectivity index (χ2n) is 4.06. The predicted molar refractivity (Wildman–Crippen MR) is 62.5 cm³/mol. The number of amides is 1. The van der Waals surface area contributed by atoms with E-state index < -0.39 is 0 Å². The van der Waals surface area contributed by atoms with Gasteiger partial charge in [-0.1, -0.05) is 0 Å². The molecule has 90 valence electrons. The minimum atomic E-state index is -0.0306. The Labute approximate surface area is 99.2 Å². The number of rotatable bonds is 3. The van der Waals surface area contributed by atoms with Crippen LogP contribution in [-0.2, 0) is 9.59 Å². The molecule has 0 spiro atoms. The van der Waals surface area contributed by atoms with Gasteiger partial charge in [0.05, 0.1) is 12.2 Å². The predicted octanol–water partition coefficient (Wildman–Crippen LogP) is 0.935. The van der Waals surface area contributed by atoms with Gasteiger partial charge in [-0.25, -0.2) is 10.0 Å². The van der Waals surface area contributed by atoms with Crippen LogP contribution in [-0.4, -0.2) is 34.9 Å². The SMILES string of the molecule is CC(=O)CN1CCC(=O)N1c1ccc(O)cc1. The lowest BCUT2D eigenvalue weighted by atomic mass is 10.3. The molecule has 1 amide bonds. The third-order valence-electron chi connectivity index (χ3n) is 2.60. The molecule has 0 unspecified atom stereocenters. The summed E-state index contributed by atoms with van der Waals surface area (Å²) < 4.78 is 0. The van der Waals surface area contributed by atoms with Crippen LogP contribution in [0.15, 0.2) is 24.3 Å². The molecule has 0 saturated carbocycles. The van der Waals surface area contributed by atoms with Crippen molar-refractivity contribution in [2.45, 2.75) is 13.3 Å². The molecular weight excluding hydrogens is 220 g/mol. The first-order valence-corrected chi connectivity index (χ1v) is 5.44. The standard InChI is InChI=1S/C12H14N2O3/c1-9(15)8-13-7-6-12(17)14(13)10-2-4-11(16)5-3-10/h2-5,16H,6-8H2,1H3. The van der Waals surface area contributed by atoms with Crippen molar-refractivity contribution in [2.24, 2.45) is 0 Å². The monoisotopic (exact) mass is 234 g/mol. The molecule has 1 saturated heterocycles. The van der Waals surface area contributed by atoms with Crippen LogP contribution >= 0.6 is 0 Å². The maximum atomic E-state index is 11.8. The molecule has 0 aliphatic carbocycles. The number of carbonyl (C=O) groups excluding carboxylic acids is 2. The normalized spacial score (nSPS) is 16.5. The number of phenols is 1. The first-order chi connectivity index (χ1) is 8.08. The molecule has 17 heavy (non-hydrogen) atoms.